The van der Waals surface area contributed by atoms with Crippen LogP contribution in [0.4, 0.5) is 4.39 Å². The third-order valence-electron chi connectivity index (χ3n) is 4.09. The molecule has 1 fully saturated rings. The SMILES string of the molecule is CN(Cc1cc(F)cc(Br)c1)C1CCCCC1CN. The maximum Gasteiger partial charge on any atom is 0.124 e. The molecule has 0 saturated heterocycles. The van der Waals surface area contributed by atoms with Crippen molar-refractivity contribution in [3.8, 4) is 0 Å². The van der Waals surface area contributed by atoms with Crippen molar-refractivity contribution in [2.24, 2.45) is 11.7 Å². The number of rotatable bonds is 4. The molecular formula is C15H22BrFN2. The summed E-state index contributed by atoms with van der Waals surface area (Å²) >= 11 is 3.35. The van der Waals surface area contributed by atoms with Crippen LogP contribution in [0, 0.1) is 11.7 Å². The zero-order chi connectivity index (χ0) is 13.8. The molecule has 2 N–H and O–H groups in total. The molecule has 106 valence electrons. The second kappa shape index (κ2) is 6.82. The summed E-state index contributed by atoms with van der Waals surface area (Å²) in [6.07, 6.45) is 4.99. The van der Waals surface area contributed by atoms with E-state index in [1.807, 2.05) is 6.07 Å². The van der Waals surface area contributed by atoms with Crippen LogP contribution in [0.25, 0.3) is 0 Å². The number of nitrogens with two attached hydrogens (primary N) is 1. The second-order valence-electron chi connectivity index (χ2n) is 5.54. The maximum atomic E-state index is 13.4. The van der Waals surface area contributed by atoms with E-state index in [1.165, 1.54) is 31.7 Å². The first kappa shape index (κ1) is 14.9. The predicted molar refractivity (Wildman–Crippen MR) is 80.4 cm³/mol. The van der Waals surface area contributed by atoms with Gasteiger partial charge in [0, 0.05) is 17.1 Å². The highest BCUT2D eigenvalue weighted by Crippen LogP contribution is 2.28. The van der Waals surface area contributed by atoms with Crippen molar-refractivity contribution in [3.05, 3.63) is 34.1 Å². The fraction of sp³-hybridized carbons (Fsp3) is 0.600. The van der Waals surface area contributed by atoms with Gasteiger partial charge in [-0.1, -0.05) is 28.8 Å². The molecule has 0 bridgehead atoms. The van der Waals surface area contributed by atoms with E-state index in [0.717, 1.165) is 23.1 Å². The van der Waals surface area contributed by atoms with Crippen LogP contribution in [-0.4, -0.2) is 24.5 Å². The van der Waals surface area contributed by atoms with E-state index >= 15 is 0 Å². The van der Waals surface area contributed by atoms with Crippen LogP contribution in [0.2, 0.25) is 0 Å². The van der Waals surface area contributed by atoms with Gasteiger partial charge >= 0.3 is 0 Å². The molecule has 2 rings (SSSR count). The molecule has 0 aliphatic heterocycles. The number of halogens is 2. The zero-order valence-corrected chi connectivity index (χ0v) is 13.0. The van der Waals surface area contributed by atoms with Crippen molar-refractivity contribution in [2.45, 2.75) is 38.3 Å². The molecule has 0 amide bonds. The maximum absolute atomic E-state index is 13.4. The van der Waals surface area contributed by atoms with Gasteiger partial charge in [0.15, 0.2) is 0 Å². The Bertz CT molecular complexity index is 404. The summed E-state index contributed by atoms with van der Waals surface area (Å²) < 4.78 is 14.2. The summed E-state index contributed by atoms with van der Waals surface area (Å²) in [6, 6.07) is 5.62. The molecule has 4 heteroatoms. The van der Waals surface area contributed by atoms with Crippen LogP contribution in [0.5, 0.6) is 0 Å². The van der Waals surface area contributed by atoms with Gasteiger partial charge in [-0.15, -0.1) is 0 Å². The van der Waals surface area contributed by atoms with Gasteiger partial charge in [0.05, 0.1) is 0 Å². The third kappa shape index (κ3) is 4.01. The minimum atomic E-state index is -0.184. The summed E-state index contributed by atoms with van der Waals surface area (Å²) in [5, 5.41) is 0. The van der Waals surface area contributed by atoms with Gasteiger partial charge in [-0.05, 0) is 56.1 Å². The lowest BCUT2D eigenvalue weighted by molar-refractivity contribution is 0.127. The molecule has 1 aliphatic rings. The first-order valence-electron chi connectivity index (χ1n) is 6.95. The molecule has 2 atom stereocenters. The van der Waals surface area contributed by atoms with Crippen LogP contribution >= 0.6 is 15.9 Å². The van der Waals surface area contributed by atoms with E-state index in [4.69, 9.17) is 5.73 Å². The first-order valence-corrected chi connectivity index (χ1v) is 7.74. The van der Waals surface area contributed by atoms with Crippen molar-refractivity contribution in [2.75, 3.05) is 13.6 Å². The molecule has 0 heterocycles. The van der Waals surface area contributed by atoms with E-state index in [0.29, 0.717) is 12.0 Å². The van der Waals surface area contributed by atoms with Gasteiger partial charge in [-0.3, -0.25) is 4.90 Å². The summed E-state index contributed by atoms with van der Waals surface area (Å²) in [5.41, 5.74) is 6.89. The number of benzene rings is 1. The molecule has 0 radical (unpaired) electrons. The van der Waals surface area contributed by atoms with Crippen LogP contribution in [0.15, 0.2) is 22.7 Å². The molecule has 1 aliphatic carbocycles. The molecule has 2 unspecified atom stereocenters. The second-order valence-corrected chi connectivity index (χ2v) is 6.46. The minimum absolute atomic E-state index is 0.184. The number of hydrogen-bond acceptors (Lipinski definition) is 2. The monoisotopic (exact) mass is 328 g/mol. The van der Waals surface area contributed by atoms with Crippen LogP contribution in [0.1, 0.15) is 31.2 Å². The molecule has 1 saturated carbocycles. The van der Waals surface area contributed by atoms with Crippen molar-refractivity contribution in [1.82, 2.24) is 4.90 Å². The average Bonchev–Trinajstić information content (AvgIpc) is 2.37. The van der Waals surface area contributed by atoms with E-state index in [9.17, 15) is 4.39 Å². The fourth-order valence-electron chi connectivity index (χ4n) is 3.15. The van der Waals surface area contributed by atoms with Gasteiger partial charge in [0.25, 0.3) is 0 Å². The van der Waals surface area contributed by atoms with E-state index in [2.05, 4.69) is 27.9 Å². The summed E-state index contributed by atoms with van der Waals surface area (Å²) in [6.45, 7) is 1.53. The smallest absolute Gasteiger partial charge is 0.124 e. The van der Waals surface area contributed by atoms with Gasteiger partial charge < -0.3 is 5.73 Å². The van der Waals surface area contributed by atoms with Gasteiger partial charge in [0.1, 0.15) is 5.82 Å². The normalized spacial score (nSPS) is 23.8. The fourth-order valence-corrected chi connectivity index (χ4v) is 3.66. The largest absolute Gasteiger partial charge is 0.330 e. The number of nitrogens with zero attached hydrogens (tertiary/aromatic N) is 1. The number of hydrogen-bond donors (Lipinski definition) is 1. The molecular weight excluding hydrogens is 307 g/mol. The Labute approximate surface area is 123 Å². The van der Waals surface area contributed by atoms with E-state index < -0.39 is 0 Å². The van der Waals surface area contributed by atoms with Crippen LogP contribution in [0.3, 0.4) is 0 Å². The van der Waals surface area contributed by atoms with Crippen LogP contribution < -0.4 is 5.73 Å². The van der Waals surface area contributed by atoms with Crippen molar-refractivity contribution < 1.29 is 4.39 Å². The average molecular weight is 329 g/mol. The molecule has 1 aromatic rings. The quantitative estimate of drug-likeness (QED) is 0.915. The summed E-state index contributed by atoms with van der Waals surface area (Å²) in [4.78, 5) is 2.33. The van der Waals surface area contributed by atoms with Crippen LogP contribution in [-0.2, 0) is 6.54 Å². The minimum Gasteiger partial charge on any atom is -0.330 e. The lowest BCUT2D eigenvalue weighted by Crippen LogP contribution is -2.42. The Morgan fingerprint density at radius 3 is 2.74 bits per heavy atom. The molecule has 2 nitrogen and oxygen atoms in total. The van der Waals surface area contributed by atoms with E-state index in [1.54, 1.807) is 6.07 Å². The topological polar surface area (TPSA) is 29.3 Å². The highest BCUT2D eigenvalue weighted by molar-refractivity contribution is 9.10. The lowest BCUT2D eigenvalue weighted by atomic mass is 9.83. The van der Waals surface area contributed by atoms with Gasteiger partial charge in [-0.2, -0.15) is 0 Å². The molecule has 1 aromatic carbocycles. The highest BCUT2D eigenvalue weighted by atomic mass is 79.9. The standard InChI is InChI=1S/C15H22BrFN2/c1-19(15-5-3-2-4-12(15)9-18)10-11-6-13(16)8-14(17)7-11/h6-8,12,15H,2-5,9-10,18H2,1H3. The first-order chi connectivity index (χ1) is 9.10. The lowest BCUT2D eigenvalue weighted by Gasteiger charge is -2.37. The summed E-state index contributed by atoms with van der Waals surface area (Å²) in [5.74, 6) is 0.396. The summed E-state index contributed by atoms with van der Waals surface area (Å²) in [7, 11) is 2.12. The molecule has 0 aromatic heterocycles. The Hall–Kier alpha value is -0.450. The highest BCUT2D eigenvalue weighted by Gasteiger charge is 2.27. The van der Waals surface area contributed by atoms with Crippen molar-refractivity contribution >= 4 is 15.9 Å². The molecule has 0 spiro atoms. The third-order valence-corrected chi connectivity index (χ3v) is 4.55. The van der Waals surface area contributed by atoms with Gasteiger partial charge in [0.2, 0.25) is 0 Å². The molecule has 19 heavy (non-hydrogen) atoms. The Balaban J connectivity index is 2.04. The van der Waals surface area contributed by atoms with Crippen molar-refractivity contribution in [1.29, 1.82) is 0 Å². The zero-order valence-electron chi connectivity index (χ0n) is 11.4. The predicted octanol–water partition coefficient (Wildman–Crippen LogP) is 3.54. The van der Waals surface area contributed by atoms with Gasteiger partial charge in [-0.25, -0.2) is 4.39 Å². The Morgan fingerprint density at radius 1 is 1.32 bits per heavy atom. The Morgan fingerprint density at radius 2 is 2.05 bits per heavy atom. The van der Waals surface area contributed by atoms with E-state index in [-0.39, 0.29) is 5.82 Å². The van der Waals surface area contributed by atoms with Crippen molar-refractivity contribution in [3.63, 3.8) is 0 Å². The Kier molecular flexibility index (Phi) is 5.37.